The summed E-state index contributed by atoms with van der Waals surface area (Å²) in [5.74, 6) is 0. The molecule has 5 heteroatoms. The number of rotatable bonds is 2. The van der Waals surface area contributed by atoms with E-state index in [0.717, 1.165) is 12.2 Å². The maximum atomic E-state index is 8.64. The largest absolute Gasteiger partial charge is 0.355 e. The van der Waals surface area contributed by atoms with Crippen LogP contribution in [0.3, 0.4) is 0 Å². The fourth-order valence-corrected chi connectivity index (χ4v) is 1.41. The third-order valence-corrected chi connectivity index (χ3v) is 2.37. The summed E-state index contributed by atoms with van der Waals surface area (Å²) in [7, 11) is 0. The quantitative estimate of drug-likeness (QED) is 0.712. The summed E-state index contributed by atoms with van der Waals surface area (Å²) in [5.41, 5.74) is 1.36. The van der Waals surface area contributed by atoms with Gasteiger partial charge >= 0.3 is 0 Å². The molecule has 16 heavy (non-hydrogen) atoms. The van der Waals surface area contributed by atoms with Crippen LogP contribution in [0.25, 0.3) is 0 Å². The van der Waals surface area contributed by atoms with E-state index in [1.165, 1.54) is 0 Å². The Bertz CT molecular complexity index is 421. The number of benzene rings is 1. The molecule has 0 saturated carbocycles. The normalized spacial score (nSPS) is 20.2. The molecule has 0 aromatic heterocycles. The smallest absolute Gasteiger partial charge is 0.144 e. The lowest BCUT2D eigenvalue weighted by atomic mass is 10.2. The molecule has 2 rings (SSSR count). The highest BCUT2D eigenvalue weighted by Gasteiger charge is 2.18. The lowest BCUT2D eigenvalue weighted by molar-refractivity contribution is 0.0472. The molecular weight excluding hydrogens is 204 g/mol. The SMILES string of the molecule is CC1OCCN1N=Nc1ccc(C#N)cc1. The van der Waals surface area contributed by atoms with Crippen LogP contribution in [-0.4, -0.2) is 24.4 Å². The maximum absolute atomic E-state index is 8.64. The monoisotopic (exact) mass is 216 g/mol. The van der Waals surface area contributed by atoms with E-state index < -0.39 is 0 Å². The van der Waals surface area contributed by atoms with Crippen LogP contribution >= 0.6 is 0 Å². The molecule has 1 heterocycles. The molecule has 0 spiro atoms. The van der Waals surface area contributed by atoms with Crippen molar-refractivity contribution in [3.8, 4) is 6.07 Å². The Morgan fingerprint density at radius 2 is 2.19 bits per heavy atom. The lowest BCUT2D eigenvalue weighted by Crippen LogP contribution is -2.20. The van der Waals surface area contributed by atoms with Crippen LogP contribution in [0.4, 0.5) is 5.69 Å². The molecule has 0 radical (unpaired) electrons. The second-order valence-electron chi connectivity index (χ2n) is 3.48. The molecule has 1 fully saturated rings. The van der Waals surface area contributed by atoms with Crippen LogP contribution in [-0.2, 0) is 4.74 Å². The highest BCUT2D eigenvalue weighted by molar-refractivity contribution is 5.41. The molecule has 1 saturated heterocycles. The summed E-state index contributed by atoms with van der Waals surface area (Å²) < 4.78 is 5.32. The van der Waals surface area contributed by atoms with Gasteiger partial charge in [-0.25, -0.2) is 5.01 Å². The van der Waals surface area contributed by atoms with Gasteiger partial charge in [-0.05, 0) is 31.2 Å². The van der Waals surface area contributed by atoms with Crippen LogP contribution in [0.2, 0.25) is 0 Å². The number of hydrogen-bond acceptors (Lipinski definition) is 4. The van der Waals surface area contributed by atoms with Gasteiger partial charge in [0.05, 0.1) is 30.5 Å². The summed E-state index contributed by atoms with van der Waals surface area (Å²) in [6.45, 7) is 3.39. The molecule has 1 unspecified atom stereocenters. The highest BCUT2D eigenvalue weighted by atomic mass is 16.5. The molecule has 82 valence electrons. The molecule has 0 amide bonds. The number of hydrogen-bond donors (Lipinski definition) is 0. The van der Waals surface area contributed by atoms with Crippen molar-refractivity contribution in [3.05, 3.63) is 29.8 Å². The van der Waals surface area contributed by atoms with Crippen molar-refractivity contribution in [2.45, 2.75) is 13.2 Å². The molecule has 1 atom stereocenters. The molecule has 1 aliphatic heterocycles. The third-order valence-electron chi connectivity index (χ3n) is 2.37. The van der Waals surface area contributed by atoms with Gasteiger partial charge in [0.2, 0.25) is 0 Å². The van der Waals surface area contributed by atoms with Gasteiger partial charge in [0.1, 0.15) is 6.23 Å². The first-order chi connectivity index (χ1) is 7.79. The molecular formula is C11H12N4O. The Morgan fingerprint density at radius 1 is 1.44 bits per heavy atom. The molecule has 1 aromatic carbocycles. The second kappa shape index (κ2) is 4.73. The van der Waals surface area contributed by atoms with Gasteiger partial charge in [-0.1, -0.05) is 5.22 Å². The topological polar surface area (TPSA) is 61.0 Å². The van der Waals surface area contributed by atoms with E-state index in [2.05, 4.69) is 16.4 Å². The average Bonchev–Trinajstić information content (AvgIpc) is 2.73. The minimum absolute atomic E-state index is 0.0119. The fraction of sp³-hybridized carbons (Fsp3) is 0.364. The molecule has 0 bridgehead atoms. The van der Waals surface area contributed by atoms with Gasteiger partial charge < -0.3 is 4.74 Å². The van der Waals surface area contributed by atoms with Crippen molar-refractivity contribution in [3.63, 3.8) is 0 Å². The summed E-state index contributed by atoms with van der Waals surface area (Å²) in [4.78, 5) is 0. The third kappa shape index (κ3) is 2.35. The Hall–Kier alpha value is -1.93. The highest BCUT2D eigenvalue weighted by Crippen LogP contribution is 2.16. The predicted molar refractivity (Wildman–Crippen MR) is 57.8 cm³/mol. The van der Waals surface area contributed by atoms with E-state index >= 15 is 0 Å². The zero-order valence-electron chi connectivity index (χ0n) is 9.00. The van der Waals surface area contributed by atoms with Gasteiger partial charge in [-0.15, -0.1) is 5.11 Å². The van der Waals surface area contributed by atoms with Crippen molar-refractivity contribution < 1.29 is 4.74 Å². The van der Waals surface area contributed by atoms with Crippen LogP contribution in [0, 0.1) is 11.3 Å². The Morgan fingerprint density at radius 3 is 2.75 bits per heavy atom. The first-order valence-electron chi connectivity index (χ1n) is 5.09. The Labute approximate surface area is 93.9 Å². The summed E-state index contributed by atoms with van der Waals surface area (Å²) in [5, 5.41) is 18.6. The van der Waals surface area contributed by atoms with Crippen molar-refractivity contribution in [1.29, 1.82) is 5.26 Å². The van der Waals surface area contributed by atoms with Gasteiger partial charge in [0.15, 0.2) is 0 Å². The summed E-state index contributed by atoms with van der Waals surface area (Å²) in [6, 6.07) is 9.03. The van der Waals surface area contributed by atoms with Gasteiger partial charge in [0, 0.05) is 0 Å². The van der Waals surface area contributed by atoms with Crippen molar-refractivity contribution in [1.82, 2.24) is 5.01 Å². The van der Waals surface area contributed by atoms with E-state index in [9.17, 15) is 0 Å². The molecule has 5 nitrogen and oxygen atoms in total. The van der Waals surface area contributed by atoms with Gasteiger partial charge in [0.25, 0.3) is 0 Å². The van der Waals surface area contributed by atoms with Crippen LogP contribution < -0.4 is 0 Å². The standard InChI is InChI=1S/C11H12N4O/c1-9-15(6-7-16-9)14-13-11-4-2-10(8-12)3-5-11/h2-5,9H,6-7H2,1H3. The van der Waals surface area contributed by atoms with E-state index in [1.807, 2.05) is 6.92 Å². The Kier molecular flexibility index (Phi) is 3.13. The maximum Gasteiger partial charge on any atom is 0.144 e. The van der Waals surface area contributed by atoms with Crippen LogP contribution in [0.5, 0.6) is 0 Å². The first-order valence-corrected chi connectivity index (χ1v) is 5.09. The zero-order valence-corrected chi connectivity index (χ0v) is 9.00. The van der Waals surface area contributed by atoms with E-state index in [1.54, 1.807) is 29.3 Å². The summed E-state index contributed by atoms with van der Waals surface area (Å²) in [6.07, 6.45) is -0.0119. The van der Waals surface area contributed by atoms with Crippen molar-refractivity contribution in [2.75, 3.05) is 13.2 Å². The average molecular weight is 216 g/mol. The lowest BCUT2D eigenvalue weighted by Gasteiger charge is -2.12. The number of nitrogens with zero attached hydrogens (tertiary/aromatic N) is 4. The number of nitriles is 1. The minimum Gasteiger partial charge on any atom is -0.355 e. The molecule has 1 aliphatic rings. The summed E-state index contributed by atoms with van der Waals surface area (Å²) >= 11 is 0. The van der Waals surface area contributed by atoms with E-state index in [-0.39, 0.29) is 6.23 Å². The van der Waals surface area contributed by atoms with Crippen LogP contribution in [0.1, 0.15) is 12.5 Å². The fourth-order valence-electron chi connectivity index (χ4n) is 1.41. The predicted octanol–water partition coefficient (Wildman–Crippen LogP) is 2.24. The van der Waals surface area contributed by atoms with E-state index in [0.29, 0.717) is 12.2 Å². The zero-order chi connectivity index (χ0) is 11.4. The van der Waals surface area contributed by atoms with Crippen molar-refractivity contribution in [2.24, 2.45) is 10.3 Å². The van der Waals surface area contributed by atoms with Crippen molar-refractivity contribution >= 4 is 5.69 Å². The second-order valence-corrected chi connectivity index (χ2v) is 3.48. The van der Waals surface area contributed by atoms with Crippen LogP contribution in [0.15, 0.2) is 34.6 Å². The minimum atomic E-state index is -0.0119. The first kappa shape index (κ1) is 10.6. The van der Waals surface area contributed by atoms with Gasteiger partial charge in [-0.3, -0.25) is 0 Å². The van der Waals surface area contributed by atoms with Gasteiger partial charge in [-0.2, -0.15) is 5.26 Å². The molecule has 0 aliphatic carbocycles. The molecule has 0 N–H and O–H groups in total. The number of ether oxygens (including phenoxy) is 1. The molecule has 1 aromatic rings. The Balaban J connectivity index is 2.03. The van der Waals surface area contributed by atoms with E-state index in [4.69, 9.17) is 10.00 Å².